The summed E-state index contributed by atoms with van der Waals surface area (Å²) in [6.07, 6.45) is 0.472. The molecule has 2 aromatic carbocycles. The number of benzene rings is 2. The summed E-state index contributed by atoms with van der Waals surface area (Å²) < 4.78 is 6.64. The highest BCUT2D eigenvalue weighted by Crippen LogP contribution is 2.39. The maximum Gasteiger partial charge on any atom is 0.419 e. The highest BCUT2D eigenvalue weighted by atomic mass is 16.4. The van der Waals surface area contributed by atoms with Gasteiger partial charge in [-0.1, -0.05) is 30.3 Å². The van der Waals surface area contributed by atoms with Gasteiger partial charge in [-0.05, 0) is 23.3 Å². The number of aryl methyl sites for hydroxylation is 1. The first-order chi connectivity index (χ1) is 10.1. The monoisotopic (exact) mass is 279 g/mol. The van der Waals surface area contributed by atoms with Crippen molar-refractivity contribution in [2.45, 2.75) is 12.3 Å². The number of carbonyl (C=O) groups is 1. The van der Waals surface area contributed by atoms with E-state index in [1.54, 1.807) is 13.1 Å². The minimum absolute atomic E-state index is 0.0584. The van der Waals surface area contributed by atoms with Crippen molar-refractivity contribution in [3.63, 3.8) is 0 Å². The highest BCUT2D eigenvalue weighted by molar-refractivity contribution is 6.04. The summed E-state index contributed by atoms with van der Waals surface area (Å²) >= 11 is 0. The third-order valence-corrected chi connectivity index (χ3v) is 4.23. The molecule has 0 fully saturated rings. The van der Waals surface area contributed by atoms with Gasteiger partial charge in [-0.15, -0.1) is 0 Å². The molecule has 4 nitrogen and oxygen atoms in total. The minimum atomic E-state index is -0.405. The van der Waals surface area contributed by atoms with E-state index in [1.807, 2.05) is 36.4 Å². The van der Waals surface area contributed by atoms with E-state index in [0.717, 1.165) is 16.6 Å². The van der Waals surface area contributed by atoms with E-state index in [2.05, 4.69) is 0 Å². The van der Waals surface area contributed by atoms with Crippen LogP contribution in [0.4, 0.5) is 0 Å². The number of rotatable bonds is 1. The number of nitrogens with zero attached hydrogens (tertiary/aromatic N) is 1. The van der Waals surface area contributed by atoms with Gasteiger partial charge >= 0.3 is 5.76 Å². The van der Waals surface area contributed by atoms with Gasteiger partial charge in [0.15, 0.2) is 11.4 Å². The van der Waals surface area contributed by atoms with Crippen molar-refractivity contribution in [2.75, 3.05) is 0 Å². The standard InChI is InChI=1S/C17H13NO3/c1-18-14-7-12-11(10-5-3-2-4-6-10)8-15(19)13(12)9-16(14)21-17(18)20/h2-7,9,11H,8H2,1H3. The number of carbonyl (C=O) groups excluding carboxylic acids is 1. The molecule has 0 aliphatic heterocycles. The lowest BCUT2D eigenvalue weighted by atomic mass is 9.93. The topological polar surface area (TPSA) is 52.2 Å². The summed E-state index contributed by atoms with van der Waals surface area (Å²) in [4.78, 5) is 23.9. The van der Waals surface area contributed by atoms with Crippen LogP contribution >= 0.6 is 0 Å². The molecule has 0 spiro atoms. The number of hydrogen-bond acceptors (Lipinski definition) is 3. The zero-order valence-electron chi connectivity index (χ0n) is 11.5. The van der Waals surface area contributed by atoms with Gasteiger partial charge < -0.3 is 4.42 Å². The Morgan fingerprint density at radius 1 is 1.14 bits per heavy atom. The summed E-state index contributed by atoms with van der Waals surface area (Å²) in [5.41, 5.74) is 3.98. The molecule has 0 radical (unpaired) electrons. The number of hydrogen-bond donors (Lipinski definition) is 0. The number of oxazole rings is 1. The lowest BCUT2D eigenvalue weighted by molar-refractivity contribution is 0.0991. The first-order valence-corrected chi connectivity index (χ1v) is 6.87. The van der Waals surface area contributed by atoms with Gasteiger partial charge in [-0.3, -0.25) is 9.36 Å². The lowest BCUT2D eigenvalue weighted by Crippen LogP contribution is -2.08. The largest absolute Gasteiger partial charge is 0.419 e. The summed E-state index contributed by atoms with van der Waals surface area (Å²) in [6.45, 7) is 0. The Hall–Kier alpha value is -2.62. The second-order valence-corrected chi connectivity index (χ2v) is 5.42. The zero-order chi connectivity index (χ0) is 14.6. The van der Waals surface area contributed by atoms with Crippen LogP contribution in [0.25, 0.3) is 11.1 Å². The van der Waals surface area contributed by atoms with Crippen LogP contribution in [0.15, 0.2) is 51.7 Å². The van der Waals surface area contributed by atoms with Crippen molar-refractivity contribution in [1.82, 2.24) is 4.57 Å². The Balaban J connectivity index is 1.98. The molecule has 0 amide bonds. The van der Waals surface area contributed by atoms with Crippen molar-refractivity contribution in [1.29, 1.82) is 0 Å². The third kappa shape index (κ3) is 1.69. The number of fused-ring (bicyclic) bond motifs is 2. The van der Waals surface area contributed by atoms with Gasteiger partial charge in [0, 0.05) is 24.9 Å². The summed E-state index contributed by atoms with van der Waals surface area (Å²) in [7, 11) is 1.68. The molecule has 0 saturated carbocycles. The van der Waals surface area contributed by atoms with E-state index >= 15 is 0 Å². The van der Waals surface area contributed by atoms with Crippen LogP contribution in [-0.2, 0) is 7.05 Å². The fourth-order valence-corrected chi connectivity index (χ4v) is 3.11. The number of Topliss-reactive ketones (excluding diaryl/α,β-unsaturated/α-hetero) is 1. The van der Waals surface area contributed by atoms with Crippen molar-refractivity contribution in [3.05, 3.63) is 69.7 Å². The van der Waals surface area contributed by atoms with E-state index in [9.17, 15) is 9.59 Å². The fraction of sp³-hybridized carbons (Fsp3) is 0.176. The van der Waals surface area contributed by atoms with E-state index in [4.69, 9.17) is 4.42 Å². The average Bonchev–Trinajstić information content (AvgIpc) is 2.97. The smallest absolute Gasteiger partial charge is 0.408 e. The van der Waals surface area contributed by atoms with E-state index in [-0.39, 0.29) is 11.7 Å². The molecule has 0 bridgehead atoms. The van der Waals surface area contributed by atoms with Gasteiger partial charge in [-0.25, -0.2) is 4.79 Å². The molecule has 1 aromatic heterocycles. The van der Waals surface area contributed by atoms with Gasteiger partial charge in [0.2, 0.25) is 0 Å². The molecule has 0 saturated heterocycles. The molecule has 0 N–H and O–H groups in total. The predicted molar refractivity (Wildman–Crippen MR) is 78.7 cm³/mol. The second kappa shape index (κ2) is 4.19. The van der Waals surface area contributed by atoms with E-state index in [1.165, 1.54) is 4.57 Å². The van der Waals surface area contributed by atoms with Gasteiger partial charge in [0.25, 0.3) is 0 Å². The molecule has 4 heteroatoms. The first-order valence-electron chi connectivity index (χ1n) is 6.87. The lowest BCUT2D eigenvalue weighted by Gasteiger charge is -2.11. The van der Waals surface area contributed by atoms with Crippen molar-refractivity contribution in [3.8, 4) is 0 Å². The maximum atomic E-state index is 12.3. The fourth-order valence-electron chi connectivity index (χ4n) is 3.11. The Labute approximate surface area is 120 Å². The summed E-state index contributed by atoms with van der Waals surface area (Å²) in [5, 5.41) is 0. The highest BCUT2D eigenvalue weighted by Gasteiger charge is 2.31. The Kier molecular flexibility index (Phi) is 2.42. The normalized spacial score (nSPS) is 17.4. The molecule has 104 valence electrons. The van der Waals surface area contributed by atoms with E-state index in [0.29, 0.717) is 17.6 Å². The van der Waals surface area contributed by atoms with Crippen molar-refractivity contribution < 1.29 is 9.21 Å². The van der Waals surface area contributed by atoms with Gasteiger partial charge in [0.05, 0.1) is 5.52 Å². The molecule has 1 unspecified atom stereocenters. The van der Waals surface area contributed by atoms with Crippen LogP contribution in [0, 0.1) is 0 Å². The zero-order valence-corrected chi connectivity index (χ0v) is 11.5. The molecular weight excluding hydrogens is 266 g/mol. The average molecular weight is 279 g/mol. The third-order valence-electron chi connectivity index (χ3n) is 4.23. The van der Waals surface area contributed by atoms with E-state index < -0.39 is 5.76 Å². The van der Waals surface area contributed by atoms with Crippen LogP contribution in [0.1, 0.15) is 33.8 Å². The molecular formula is C17H13NO3. The molecule has 1 heterocycles. The number of ketones is 1. The molecule has 1 atom stereocenters. The Morgan fingerprint density at radius 2 is 1.90 bits per heavy atom. The number of aromatic nitrogens is 1. The summed E-state index contributed by atoms with van der Waals surface area (Å²) in [6, 6.07) is 13.6. The predicted octanol–water partition coefficient (Wildman–Crippen LogP) is 2.85. The second-order valence-electron chi connectivity index (χ2n) is 5.42. The molecule has 4 rings (SSSR count). The molecule has 3 aromatic rings. The van der Waals surface area contributed by atoms with Gasteiger partial charge in [0.1, 0.15) is 0 Å². The summed E-state index contributed by atoms with van der Waals surface area (Å²) in [5.74, 6) is -0.243. The van der Waals surface area contributed by atoms with Crippen LogP contribution in [-0.4, -0.2) is 10.4 Å². The van der Waals surface area contributed by atoms with Crippen LogP contribution < -0.4 is 5.76 Å². The Bertz CT molecular complexity index is 918. The molecule has 1 aliphatic rings. The molecule has 21 heavy (non-hydrogen) atoms. The van der Waals surface area contributed by atoms with Crippen LogP contribution in [0.5, 0.6) is 0 Å². The quantitative estimate of drug-likeness (QED) is 0.688. The maximum absolute atomic E-state index is 12.3. The van der Waals surface area contributed by atoms with Crippen LogP contribution in [0.3, 0.4) is 0 Å². The van der Waals surface area contributed by atoms with Crippen molar-refractivity contribution >= 4 is 16.9 Å². The van der Waals surface area contributed by atoms with Gasteiger partial charge in [-0.2, -0.15) is 0 Å². The molecule has 1 aliphatic carbocycles. The minimum Gasteiger partial charge on any atom is -0.408 e. The Morgan fingerprint density at radius 3 is 2.67 bits per heavy atom. The van der Waals surface area contributed by atoms with Crippen molar-refractivity contribution in [2.24, 2.45) is 7.05 Å². The SMILES string of the molecule is Cn1c(=O)oc2cc3c(cc21)C(c1ccccc1)CC3=O. The van der Waals surface area contributed by atoms with Crippen LogP contribution in [0.2, 0.25) is 0 Å². The first kappa shape index (κ1) is 12.1.